The Morgan fingerprint density at radius 3 is 2.21 bits per heavy atom. The number of rotatable bonds is 7. The largest absolute Gasteiger partial charge is 0.352 e. The molecule has 0 saturated heterocycles. The van der Waals surface area contributed by atoms with Crippen molar-refractivity contribution in [2.24, 2.45) is 0 Å². The molecule has 0 unspecified atom stereocenters. The van der Waals surface area contributed by atoms with Crippen molar-refractivity contribution in [3.63, 3.8) is 0 Å². The maximum atomic E-state index is 13.2. The van der Waals surface area contributed by atoms with E-state index in [1.807, 2.05) is 30.3 Å². The predicted octanol–water partition coefficient (Wildman–Crippen LogP) is 3.55. The Kier molecular flexibility index (Phi) is 7.39. The van der Waals surface area contributed by atoms with Crippen molar-refractivity contribution in [3.05, 3.63) is 66.0 Å². The molecule has 1 fully saturated rings. The molecule has 2 aromatic rings. The zero-order valence-corrected chi connectivity index (χ0v) is 17.1. The van der Waals surface area contributed by atoms with Crippen molar-refractivity contribution in [1.29, 1.82) is 0 Å². The van der Waals surface area contributed by atoms with Crippen LogP contribution in [0.25, 0.3) is 0 Å². The van der Waals surface area contributed by atoms with Gasteiger partial charge in [-0.15, -0.1) is 0 Å². The molecule has 1 saturated carbocycles. The number of sulfonamides is 1. The summed E-state index contributed by atoms with van der Waals surface area (Å²) in [6.07, 6.45) is 6.52. The van der Waals surface area contributed by atoms with Gasteiger partial charge in [0.15, 0.2) is 0 Å². The van der Waals surface area contributed by atoms with Crippen LogP contribution in [0, 0.1) is 5.82 Å². The van der Waals surface area contributed by atoms with Gasteiger partial charge >= 0.3 is 0 Å². The smallest absolute Gasteiger partial charge is 0.241 e. The van der Waals surface area contributed by atoms with Gasteiger partial charge in [0, 0.05) is 6.04 Å². The number of halogens is 1. The Labute approximate surface area is 171 Å². The quantitative estimate of drug-likeness (QED) is 0.675. The summed E-state index contributed by atoms with van der Waals surface area (Å²) in [5, 5.41) is 3.04. The van der Waals surface area contributed by atoms with Gasteiger partial charge < -0.3 is 5.32 Å². The lowest BCUT2D eigenvalue weighted by Crippen LogP contribution is -2.50. The topological polar surface area (TPSA) is 75.3 Å². The molecule has 0 radical (unpaired) electrons. The average Bonchev–Trinajstić information content (AvgIpc) is 2.97. The van der Waals surface area contributed by atoms with E-state index >= 15 is 0 Å². The zero-order valence-electron chi connectivity index (χ0n) is 16.3. The Morgan fingerprint density at radius 2 is 1.59 bits per heavy atom. The van der Waals surface area contributed by atoms with Crippen LogP contribution in [-0.2, 0) is 21.2 Å². The summed E-state index contributed by atoms with van der Waals surface area (Å²) in [6.45, 7) is 0. The van der Waals surface area contributed by atoms with Crippen LogP contribution in [0.1, 0.15) is 44.1 Å². The molecule has 1 atom stereocenters. The molecule has 7 heteroatoms. The zero-order chi connectivity index (χ0) is 20.7. The Morgan fingerprint density at radius 1 is 0.966 bits per heavy atom. The van der Waals surface area contributed by atoms with E-state index in [9.17, 15) is 17.6 Å². The Balaban J connectivity index is 1.78. The van der Waals surface area contributed by atoms with E-state index in [2.05, 4.69) is 10.0 Å². The summed E-state index contributed by atoms with van der Waals surface area (Å²) in [4.78, 5) is 12.9. The summed E-state index contributed by atoms with van der Waals surface area (Å²) in [7, 11) is -3.97. The molecule has 5 nitrogen and oxygen atoms in total. The molecular weight excluding hydrogens is 391 g/mol. The highest BCUT2D eigenvalue weighted by atomic mass is 32.2. The van der Waals surface area contributed by atoms with Gasteiger partial charge in [-0.2, -0.15) is 4.72 Å². The van der Waals surface area contributed by atoms with Crippen molar-refractivity contribution in [3.8, 4) is 0 Å². The highest BCUT2D eigenvalue weighted by Gasteiger charge is 2.28. The maximum absolute atomic E-state index is 13.2. The van der Waals surface area contributed by atoms with Crippen LogP contribution in [0.4, 0.5) is 4.39 Å². The molecule has 0 spiro atoms. The number of amides is 1. The van der Waals surface area contributed by atoms with E-state index in [0.29, 0.717) is 0 Å². The number of carbonyl (C=O) groups is 1. The predicted molar refractivity (Wildman–Crippen MR) is 110 cm³/mol. The first kappa shape index (κ1) is 21.5. The third-order valence-electron chi connectivity index (χ3n) is 5.22. The Bertz CT molecular complexity index is 893. The van der Waals surface area contributed by atoms with Crippen LogP contribution in [0.3, 0.4) is 0 Å². The summed E-state index contributed by atoms with van der Waals surface area (Å²) < 4.78 is 41.3. The number of benzene rings is 2. The van der Waals surface area contributed by atoms with Crippen molar-refractivity contribution in [2.45, 2.75) is 61.9 Å². The summed E-state index contributed by atoms with van der Waals surface area (Å²) in [5.74, 6) is -0.845. The summed E-state index contributed by atoms with van der Waals surface area (Å²) in [5.41, 5.74) is 0.857. The van der Waals surface area contributed by atoms with E-state index in [-0.39, 0.29) is 23.3 Å². The third-order valence-corrected chi connectivity index (χ3v) is 6.71. The Hall–Kier alpha value is -2.25. The van der Waals surface area contributed by atoms with Gasteiger partial charge in [0.25, 0.3) is 0 Å². The van der Waals surface area contributed by atoms with Crippen LogP contribution in [0.5, 0.6) is 0 Å². The van der Waals surface area contributed by atoms with E-state index in [0.717, 1.165) is 56.2 Å². The van der Waals surface area contributed by atoms with Crippen LogP contribution in [0.2, 0.25) is 0 Å². The van der Waals surface area contributed by atoms with Gasteiger partial charge in [-0.3, -0.25) is 4.79 Å². The second-order valence-corrected chi connectivity index (χ2v) is 9.23. The van der Waals surface area contributed by atoms with E-state index in [1.54, 1.807) is 0 Å². The second kappa shape index (κ2) is 9.98. The minimum absolute atomic E-state index is 0.0681. The second-order valence-electron chi connectivity index (χ2n) is 7.51. The van der Waals surface area contributed by atoms with E-state index < -0.39 is 21.9 Å². The fourth-order valence-electron chi connectivity index (χ4n) is 3.63. The molecule has 29 heavy (non-hydrogen) atoms. The highest BCUT2D eigenvalue weighted by Crippen LogP contribution is 2.18. The van der Waals surface area contributed by atoms with Gasteiger partial charge in [0.1, 0.15) is 11.9 Å². The number of carbonyl (C=O) groups excluding carboxylic acids is 1. The lowest BCUT2D eigenvalue weighted by Gasteiger charge is -2.23. The number of hydrogen-bond acceptors (Lipinski definition) is 3. The standard InChI is InChI=1S/C22H27FN2O3S/c23-18-12-14-20(15-13-18)29(27,28)25-21(16-17-8-4-3-5-9-17)22(26)24-19-10-6-1-2-7-11-19/h3-5,8-9,12-15,19,21,25H,1-2,6-7,10-11,16H2,(H,24,26)/t21-/m1/s1. The molecule has 0 heterocycles. The molecule has 0 bridgehead atoms. The summed E-state index contributed by atoms with van der Waals surface area (Å²) >= 11 is 0. The molecule has 1 amide bonds. The lowest BCUT2D eigenvalue weighted by atomic mass is 10.0. The number of hydrogen-bond donors (Lipinski definition) is 2. The van der Waals surface area contributed by atoms with Crippen molar-refractivity contribution in [2.75, 3.05) is 0 Å². The van der Waals surface area contributed by atoms with E-state index in [1.165, 1.54) is 12.1 Å². The first-order chi connectivity index (χ1) is 13.9. The third kappa shape index (κ3) is 6.37. The van der Waals surface area contributed by atoms with Gasteiger partial charge in [-0.05, 0) is 49.1 Å². The average molecular weight is 419 g/mol. The lowest BCUT2D eigenvalue weighted by molar-refractivity contribution is -0.123. The molecule has 156 valence electrons. The minimum Gasteiger partial charge on any atom is -0.352 e. The van der Waals surface area contributed by atoms with Gasteiger partial charge in [-0.25, -0.2) is 12.8 Å². The van der Waals surface area contributed by atoms with E-state index in [4.69, 9.17) is 0 Å². The highest BCUT2D eigenvalue weighted by molar-refractivity contribution is 7.89. The van der Waals surface area contributed by atoms with Crippen LogP contribution in [0.15, 0.2) is 59.5 Å². The molecule has 3 rings (SSSR count). The van der Waals surface area contributed by atoms with Crippen LogP contribution in [-0.4, -0.2) is 26.4 Å². The number of nitrogens with one attached hydrogen (secondary N) is 2. The van der Waals surface area contributed by atoms with Crippen LogP contribution >= 0.6 is 0 Å². The van der Waals surface area contributed by atoms with Crippen LogP contribution < -0.4 is 10.0 Å². The maximum Gasteiger partial charge on any atom is 0.241 e. The first-order valence-electron chi connectivity index (χ1n) is 10.1. The SMILES string of the molecule is O=C(NC1CCCCCC1)[C@@H](Cc1ccccc1)NS(=O)(=O)c1ccc(F)cc1. The molecule has 0 aromatic heterocycles. The molecule has 1 aliphatic rings. The van der Waals surface area contributed by atoms with Gasteiger partial charge in [-0.1, -0.05) is 56.0 Å². The molecule has 2 aromatic carbocycles. The first-order valence-corrected chi connectivity index (χ1v) is 11.5. The molecule has 0 aliphatic heterocycles. The van der Waals surface area contributed by atoms with Gasteiger partial charge in [0.05, 0.1) is 4.90 Å². The monoisotopic (exact) mass is 418 g/mol. The minimum atomic E-state index is -3.97. The van der Waals surface area contributed by atoms with Crippen molar-refractivity contribution in [1.82, 2.24) is 10.0 Å². The molecular formula is C22H27FN2O3S. The van der Waals surface area contributed by atoms with Crippen molar-refractivity contribution >= 4 is 15.9 Å². The normalized spacial score (nSPS) is 16.7. The molecule has 2 N–H and O–H groups in total. The summed E-state index contributed by atoms with van der Waals surface area (Å²) in [6, 6.07) is 13.0. The molecule has 1 aliphatic carbocycles. The van der Waals surface area contributed by atoms with Crippen molar-refractivity contribution < 1.29 is 17.6 Å². The fourth-order valence-corrected chi connectivity index (χ4v) is 4.83. The van der Waals surface area contributed by atoms with Gasteiger partial charge in [0.2, 0.25) is 15.9 Å². The fraction of sp³-hybridized carbons (Fsp3) is 0.409.